The highest BCUT2D eigenvalue weighted by molar-refractivity contribution is 6.32. The van der Waals surface area contributed by atoms with E-state index in [2.05, 4.69) is 20.8 Å². The number of benzene rings is 1. The minimum Gasteiger partial charge on any atom is -0.484 e. The van der Waals surface area contributed by atoms with Crippen molar-refractivity contribution in [2.75, 3.05) is 0 Å². The number of amides is 1. The van der Waals surface area contributed by atoms with Crippen molar-refractivity contribution in [2.45, 2.75) is 19.7 Å². The fraction of sp³-hybridized carbons (Fsp3) is 0.200. The first kappa shape index (κ1) is 16.0. The van der Waals surface area contributed by atoms with Crippen LogP contribution in [-0.4, -0.2) is 26.1 Å². The van der Waals surface area contributed by atoms with Crippen LogP contribution in [0.5, 0.6) is 5.75 Å². The molecule has 1 amide bonds. The first-order valence-electron chi connectivity index (χ1n) is 7.14. The van der Waals surface area contributed by atoms with Gasteiger partial charge in [-0.05, 0) is 34.7 Å². The van der Waals surface area contributed by atoms with Gasteiger partial charge in [-0.2, -0.15) is 0 Å². The van der Waals surface area contributed by atoms with Gasteiger partial charge in [-0.3, -0.25) is 4.79 Å². The molecule has 0 saturated carbocycles. The van der Waals surface area contributed by atoms with Crippen molar-refractivity contribution >= 4 is 17.5 Å². The fourth-order valence-electron chi connectivity index (χ4n) is 1.94. The van der Waals surface area contributed by atoms with E-state index < -0.39 is 0 Å². The minimum atomic E-state index is -0.238. The molecular weight excluding hydrogens is 334 g/mol. The molecule has 3 aromatic rings. The van der Waals surface area contributed by atoms with E-state index in [0.29, 0.717) is 28.9 Å². The Morgan fingerprint density at radius 1 is 1.29 bits per heavy atom. The number of aromatic nitrogens is 4. The number of halogens is 1. The smallest absolute Gasteiger partial charge is 0.242 e. The summed E-state index contributed by atoms with van der Waals surface area (Å²) in [7, 11) is 0. The molecule has 8 nitrogen and oxygen atoms in total. The number of nitrogens with one attached hydrogen (secondary N) is 1. The molecule has 9 heteroatoms. The number of hydrogen-bond donors (Lipinski definition) is 1. The summed E-state index contributed by atoms with van der Waals surface area (Å²) in [6.45, 7) is 0.385. The Morgan fingerprint density at radius 2 is 2.17 bits per heavy atom. The van der Waals surface area contributed by atoms with Crippen LogP contribution in [0.15, 0.2) is 47.1 Å². The third-order valence-corrected chi connectivity index (χ3v) is 3.45. The second-order valence-corrected chi connectivity index (χ2v) is 5.24. The van der Waals surface area contributed by atoms with E-state index in [9.17, 15) is 4.79 Å². The minimum absolute atomic E-state index is 0.0189. The monoisotopic (exact) mass is 347 g/mol. The normalized spacial score (nSPS) is 10.5. The molecule has 1 aromatic carbocycles. The van der Waals surface area contributed by atoms with Crippen LogP contribution in [0.2, 0.25) is 5.02 Å². The number of carbonyl (C=O) groups is 1. The summed E-state index contributed by atoms with van der Waals surface area (Å²) in [6.07, 6.45) is 1.55. The quantitative estimate of drug-likeness (QED) is 0.700. The van der Waals surface area contributed by atoms with Crippen LogP contribution in [0.1, 0.15) is 11.6 Å². The lowest BCUT2D eigenvalue weighted by Crippen LogP contribution is -2.28. The van der Waals surface area contributed by atoms with E-state index in [1.54, 1.807) is 30.5 Å². The van der Waals surface area contributed by atoms with E-state index in [1.807, 2.05) is 12.1 Å². The lowest BCUT2D eigenvalue weighted by atomic mass is 10.3. The maximum atomic E-state index is 12.0. The zero-order valence-corrected chi connectivity index (χ0v) is 13.3. The van der Waals surface area contributed by atoms with E-state index in [-0.39, 0.29) is 19.1 Å². The molecule has 0 spiro atoms. The van der Waals surface area contributed by atoms with Gasteiger partial charge < -0.3 is 14.5 Å². The van der Waals surface area contributed by atoms with E-state index in [4.69, 9.17) is 20.8 Å². The van der Waals surface area contributed by atoms with Gasteiger partial charge in [-0.1, -0.05) is 23.7 Å². The molecule has 0 aliphatic heterocycles. The number of ether oxygens (including phenoxy) is 1. The van der Waals surface area contributed by atoms with E-state index in [0.717, 1.165) is 0 Å². The highest BCUT2D eigenvalue weighted by Crippen LogP contribution is 2.23. The Morgan fingerprint density at radius 3 is 2.96 bits per heavy atom. The zero-order valence-electron chi connectivity index (χ0n) is 12.6. The van der Waals surface area contributed by atoms with Crippen molar-refractivity contribution in [1.29, 1.82) is 0 Å². The van der Waals surface area contributed by atoms with Crippen molar-refractivity contribution in [3.63, 3.8) is 0 Å². The molecule has 0 aliphatic rings. The molecule has 0 unspecified atom stereocenters. The third-order valence-electron chi connectivity index (χ3n) is 3.13. The van der Waals surface area contributed by atoms with Gasteiger partial charge >= 0.3 is 0 Å². The number of furan rings is 1. The summed E-state index contributed by atoms with van der Waals surface area (Å²) < 4.78 is 12.1. The summed E-state index contributed by atoms with van der Waals surface area (Å²) >= 11 is 6.02. The number of hydrogen-bond acceptors (Lipinski definition) is 6. The number of carbonyl (C=O) groups excluding carboxylic acids is 1. The van der Waals surface area contributed by atoms with Crippen molar-refractivity contribution in [1.82, 2.24) is 25.5 Å². The van der Waals surface area contributed by atoms with E-state index >= 15 is 0 Å². The highest BCUT2D eigenvalue weighted by Gasteiger charge is 2.12. The molecule has 0 bridgehead atoms. The molecule has 1 N–H and O–H groups in total. The Balaban J connectivity index is 1.55. The van der Waals surface area contributed by atoms with Crippen LogP contribution < -0.4 is 10.1 Å². The third kappa shape index (κ3) is 4.11. The van der Waals surface area contributed by atoms with Crippen LogP contribution in [0.3, 0.4) is 0 Å². The number of tetrazole rings is 1. The molecular formula is C15H14ClN5O3. The van der Waals surface area contributed by atoms with Crippen molar-refractivity contribution < 1.29 is 13.9 Å². The molecule has 3 rings (SSSR count). The van der Waals surface area contributed by atoms with Crippen molar-refractivity contribution in [3.05, 3.63) is 59.3 Å². The molecule has 124 valence electrons. The number of nitrogens with zero attached hydrogens (tertiary/aromatic N) is 4. The van der Waals surface area contributed by atoms with Crippen molar-refractivity contribution in [3.8, 4) is 5.75 Å². The molecule has 0 aliphatic carbocycles. The molecule has 0 fully saturated rings. The SMILES string of the molecule is O=C(Cn1nnnc1COc1ccccc1Cl)NCc1ccco1. The molecule has 24 heavy (non-hydrogen) atoms. The standard InChI is InChI=1S/C15H14ClN5O3/c16-12-5-1-2-6-13(12)24-10-14-18-19-20-21(14)9-15(22)17-8-11-4-3-7-23-11/h1-7H,8-10H2,(H,17,22). The summed E-state index contributed by atoms with van der Waals surface area (Å²) in [6, 6.07) is 10.6. The van der Waals surface area contributed by atoms with Crippen LogP contribution >= 0.6 is 11.6 Å². The molecule has 0 radical (unpaired) electrons. The van der Waals surface area contributed by atoms with Gasteiger partial charge in [0.1, 0.15) is 24.7 Å². The van der Waals surface area contributed by atoms with Crippen molar-refractivity contribution in [2.24, 2.45) is 0 Å². The molecule has 2 heterocycles. The summed E-state index contributed by atoms with van der Waals surface area (Å²) in [5, 5.41) is 14.4. The summed E-state index contributed by atoms with van der Waals surface area (Å²) in [5.74, 6) is 1.37. The van der Waals surface area contributed by atoms with Crippen LogP contribution in [0, 0.1) is 0 Å². The predicted octanol–water partition coefficient (Wildman–Crippen LogP) is 1.81. The lowest BCUT2D eigenvalue weighted by Gasteiger charge is -2.08. The molecule has 0 saturated heterocycles. The maximum Gasteiger partial charge on any atom is 0.242 e. The first-order valence-corrected chi connectivity index (χ1v) is 7.51. The van der Waals surface area contributed by atoms with Crippen LogP contribution in [-0.2, 0) is 24.5 Å². The number of rotatable bonds is 7. The Bertz CT molecular complexity index is 803. The second kappa shape index (κ2) is 7.60. The van der Waals surface area contributed by atoms with Gasteiger partial charge in [0.15, 0.2) is 5.82 Å². The summed E-state index contributed by atoms with van der Waals surface area (Å²) in [4.78, 5) is 12.0. The Hall–Kier alpha value is -2.87. The first-order chi connectivity index (χ1) is 11.7. The Labute approximate surface area is 142 Å². The molecule has 2 aromatic heterocycles. The predicted molar refractivity (Wildman–Crippen MR) is 84.2 cm³/mol. The maximum absolute atomic E-state index is 12.0. The van der Waals surface area contributed by atoms with Gasteiger partial charge in [0, 0.05) is 0 Å². The van der Waals surface area contributed by atoms with Gasteiger partial charge in [0.2, 0.25) is 5.91 Å². The second-order valence-electron chi connectivity index (χ2n) is 4.83. The van der Waals surface area contributed by atoms with Gasteiger partial charge in [0.25, 0.3) is 0 Å². The van der Waals surface area contributed by atoms with Crippen LogP contribution in [0.25, 0.3) is 0 Å². The largest absolute Gasteiger partial charge is 0.484 e. The summed E-state index contributed by atoms with van der Waals surface area (Å²) in [5.41, 5.74) is 0. The van der Waals surface area contributed by atoms with Gasteiger partial charge in [0.05, 0.1) is 17.8 Å². The fourth-order valence-corrected chi connectivity index (χ4v) is 2.13. The van der Waals surface area contributed by atoms with Gasteiger partial charge in [-0.15, -0.1) is 5.10 Å². The van der Waals surface area contributed by atoms with Crippen LogP contribution in [0.4, 0.5) is 0 Å². The topological polar surface area (TPSA) is 95.1 Å². The van der Waals surface area contributed by atoms with Gasteiger partial charge in [-0.25, -0.2) is 4.68 Å². The lowest BCUT2D eigenvalue weighted by molar-refractivity contribution is -0.122. The average Bonchev–Trinajstić information content (AvgIpc) is 3.24. The highest BCUT2D eigenvalue weighted by atomic mass is 35.5. The number of para-hydroxylation sites is 1. The molecule has 0 atom stereocenters. The average molecular weight is 348 g/mol. The van der Waals surface area contributed by atoms with E-state index in [1.165, 1.54) is 4.68 Å². The zero-order chi connectivity index (χ0) is 16.8. The Kier molecular flexibility index (Phi) is 5.07.